The number of benzene rings is 1. The zero-order valence-electron chi connectivity index (χ0n) is 12.9. The molecule has 0 bridgehead atoms. The van der Waals surface area contributed by atoms with Crippen LogP contribution in [0, 0.1) is 5.82 Å². The molecule has 0 aliphatic carbocycles. The highest BCUT2D eigenvalue weighted by Gasteiger charge is 2.22. The van der Waals surface area contributed by atoms with Crippen LogP contribution in [0.3, 0.4) is 0 Å². The number of aromatic nitrogens is 1. The molecule has 0 atom stereocenters. The molecule has 0 spiro atoms. The first-order valence-electron chi connectivity index (χ1n) is 7.60. The van der Waals surface area contributed by atoms with E-state index in [0.717, 1.165) is 31.0 Å². The number of thioether (sulfide) groups is 1. The fraction of sp³-hybridized carbons (Fsp3) is 0.294. The van der Waals surface area contributed by atoms with Gasteiger partial charge in [-0.25, -0.2) is 9.37 Å². The molecule has 1 amide bonds. The van der Waals surface area contributed by atoms with E-state index in [0.29, 0.717) is 15.8 Å². The molecule has 0 unspecified atom stereocenters. The molecule has 0 radical (unpaired) electrons. The quantitative estimate of drug-likeness (QED) is 0.753. The monoisotopic (exact) mass is 410 g/mol. The molecule has 1 aliphatic heterocycles. The van der Waals surface area contributed by atoms with Crippen molar-refractivity contribution in [1.82, 2.24) is 9.88 Å². The lowest BCUT2D eigenvalue weighted by Gasteiger charge is -2.21. The predicted octanol–water partition coefficient (Wildman–Crippen LogP) is 4.35. The van der Waals surface area contributed by atoms with Crippen molar-refractivity contribution < 1.29 is 13.9 Å². The maximum Gasteiger partial charge on any atom is 0.259 e. The fourth-order valence-electron chi connectivity index (χ4n) is 2.42. The third kappa shape index (κ3) is 4.08. The summed E-state index contributed by atoms with van der Waals surface area (Å²) in [6, 6.07) is 7.54. The van der Waals surface area contributed by atoms with E-state index in [1.165, 1.54) is 18.2 Å². The zero-order valence-corrected chi connectivity index (χ0v) is 15.3. The fourth-order valence-corrected chi connectivity index (χ4v) is 3.74. The number of nitrogens with zero attached hydrogens (tertiary/aromatic N) is 2. The van der Waals surface area contributed by atoms with Crippen molar-refractivity contribution in [3.05, 3.63) is 52.4 Å². The lowest BCUT2D eigenvalue weighted by molar-refractivity contribution is 0.0765. The van der Waals surface area contributed by atoms with E-state index in [-0.39, 0.29) is 17.6 Å². The highest BCUT2D eigenvalue weighted by atomic mass is 79.9. The molecule has 1 aromatic heterocycles. The second-order valence-electron chi connectivity index (χ2n) is 5.29. The Morgan fingerprint density at radius 1 is 1.29 bits per heavy atom. The second kappa shape index (κ2) is 7.98. The van der Waals surface area contributed by atoms with Crippen LogP contribution in [0.25, 0.3) is 0 Å². The Morgan fingerprint density at radius 2 is 2.17 bits per heavy atom. The maximum absolute atomic E-state index is 13.2. The second-order valence-corrected chi connectivity index (χ2v) is 7.37. The minimum Gasteiger partial charge on any atom is -0.437 e. The van der Waals surface area contributed by atoms with E-state index < -0.39 is 0 Å². The van der Waals surface area contributed by atoms with Crippen LogP contribution < -0.4 is 4.74 Å². The predicted molar refractivity (Wildman–Crippen MR) is 96.3 cm³/mol. The molecule has 0 N–H and O–H groups in total. The van der Waals surface area contributed by atoms with Gasteiger partial charge < -0.3 is 9.64 Å². The molecule has 1 aromatic carbocycles. The standard InChI is InChI=1S/C17H16BrFN2O2S/c18-14-11-12(19)4-5-15(14)23-16-13(3-1-6-20-16)17(22)21-7-2-9-24-10-8-21/h1,3-6,11H,2,7-10H2. The molecule has 0 saturated carbocycles. The number of rotatable bonds is 3. The van der Waals surface area contributed by atoms with Crippen LogP contribution in [0.4, 0.5) is 4.39 Å². The summed E-state index contributed by atoms with van der Waals surface area (Å²) >= 11 is 5.12. The molecule has 1 aliphatic rings. The lowest BCUT2D eigenvalue weighted by atomic mass is 10.2. The third-order valence-corrected chi connectivity index (χ3v) is 5.28. The Labute approximate surface area is 152 Å². The first kappa shape index (κ1) is 17.2. The number of hydrogen-bond acceptors (Lipinski definition) is 4. The van der Waals surface area contributed by atoms with Crippen LogP contribution in [-0.2, 0) is 0 Å². The normalized spacial score (nSPS) is 15.0. The van der Waals surface area contributed by atoms with Crippen molar-refractivity contribution in [3.63, 3.8) is 0 Å². The Bertz CT molecular complexity index is 736. The topological polar surface area (TPSA) is 42.4 Å². The molecule has 1 fully saturated rings. The summed E-state index contributed by atoms with van der Waals surface area (Å²) in [5.74, 6) is 2.20. The van der Waals surface area contributed by atoms with Gasteiger partial charge in [0, 0.05) is 25.0 Å². The van der Waals surface area contributed by atoms with E-state index in [1.54, 1.807) is 18.3 Å². The molecule has 126 valence electrons. The van der Waals surface area contributed by atoms with Gasteiger partial charge in [-0.05, 0) is 58.4 Å². The molecular formula is C17H16BrFN2O2S. The summed E-state index contributed by atoms with van der Waals surface area (Å²) in [5.41, 5.74) is 0.417. The molecule has 4 nitrogen and oxygen atoms in total. The van der Waals surface area contributed by atoms with E-state index in [9.17, 15) is 9.18 Å². The summed E-state index contributed by atoms with van der Waals surface area (Å²) in [7, 11) is 0. The Kier molecular flexibility index (Phi) is 5.73. The first-order chi connectivity index (χ1) is 11.6. The van der Waals surface area contributed by atoms with Gasteiger partial charge in [0.15, 0.2) is 0 Å². The van der Waals surface area contributed by atoms with Crippen LogP contribution in [0.15, 0.2) is 41.0 Å². The summed E-state index contributed by atoms with van der Waals surface area (Å²) in [5, 5.41) is 0. The van der Waals surface area contributed by atoms with Crippen LogP contribution in [-0.4, -0.2) is 40.4 Å². The van der Waals surface area contributed by atoms with E-state index >= 15 is 0 Å². The lowest BCUT2D eigenvalue weighted by Crippen LogP contribution is -2.33. The molecule has 1 saturated heterocycles. The van der Waals surface area contributed by atoms with Gasteiger partial charge >= 0.3 is 0 Å². The van der Waals surface area contributed by atoms with Gasteiger partial charge in [-0.1, -0.05) is 0 Å². The maximum atomic E-state index is 13.2. The van der Waals surface area contributed by atoms with Crippen molar-refractivity contribution in [2.45, 2.75) is 6.42 Å². The number of ether oxygens (including phenoxy) is 1. The van der Waals surface area contributed by atoms with Crippen molar-refractivity contribution in [2.75, 3.05) is 24.6 Å². The van der Waals surface area contributed by atoms with Crippen LogP contribution in [0.1, 0.15) is 16.8 Å². The third-order valence-electron chi connectivity index (χ3n) is 3.61. The SMILES string of the molecule is O=C(c1cccnc1Oc1ccc(F)cc1Br)N1CCCSCC1. The van der Waals surface area contributed by atoms with Gasteiger partial charge in [-0.3, -0.25) is 4.79 Å². The number of carbonyl (C=O) groups excluding carboxylic acids is 1. The van der Waals surface area contributed by atoms with Gasteiger partial charge in [-0.2, -0.15) is 11.8 Å². The smallest absolute Gasteiger partial charge is 0.259 e. The molecule has 24 heavy (non-hydrogen) atoms. The molecule has 7 heteroatoms. The largest absolute Gasteiger partial charge is 0.437 e. The Balaban J connectivity index is 1.85. The minimum atomic E-state index is -0.367. The van der Waals surface area contributed by atoms with Crippen molar-refractivity contribution in [1.29, 1.82) is 0 Å². The average molecular weight is 411 g/mol. The van der Waals surface area contributed by atoms with Gasteiger partial charge in [-0.15, -0.1) is 0 Å². The van der Waals surface area contributed by atoms with Crippen molar-refractivity contribution >= 4 is 33.6 Å². The average Bonchev–Trinajstić information content (AvgIpc) is 2.86. The highest BCUT2D eigenvalue weighted by Crippen LogP contribution is 2.31. The summed E-state index contributed by atoms with van der Waals surface area (Å²) in [6.45, 7) is 1.46. The van der Waals surface area contributed by atoms with Crippen molar-refractivity contribution in [3.8, 4) is 11.6 Å². The number of pyridine rings is 1. The highest BCUT2D eigenvalue weighted by molar-refractivity contribution is 9.10. The number of carbonyl (C=O) groups is 1. The first-order valence-corrected chi connectivity index (χ1v) is 9.55. The summed E-state index contributed by atoms with van der Waals surface area (Å²) in [6.07, 6.45) is 2.55. The van der Waals surface area contributed by atoms with Gasteiger partial charge in [0.1, 0.15) is 17.1 Å². The van der Waals surface area contributed by atoms with Gasteiger partial charge in [0.05, 0.1) is 4.47 Å². The Morgan fingerprint density at radius 3 is 3.00 bits per heavy atom. The van der Waals surface area contributed by atoms with E-state index in [4.69, 9.17) is 4.74 Å². The molecule has 2 aromatic rings. The van der Waals surface area contributed by atoms with Crippen LogP contribution in [0.5, 0.6) is 11.6 Å². The van der Waals surface area contributed by atoms with Crippen molar-refractivity contribution in [2.24, 2.45) is 0 Å². The zero-order chi connectivity index (χ0) is 16.9. The number of amides is 1. The van der Waals surface area contributed by atoms with Crippen LogP contribution in [0.2, 0.25) is 0 Å². The molecule has 2 heterocycles. The van der Waals surface area contributed by atoms with Crippen LogP contribution >= 0.6 is 27.7 Å². The Hall–Kier alpha value is -1.60. The van der Waals surface area contributed by atoms with Gasteiger partial charge in [0.25, 0.3) is 5.91 Å². The minimum absolute atomic E-state index is 0.0844. The van der Waals surface area contributed by atoms with Gasteiger partial charge in [0.2, 0.25) is 5.88 Å². The molecular weight excluding hydrogens is 395 g/mol. The van der Waals surface area contributed by atoms with E-state index in [2.05, 4.69) is 20.9 Å². The summed E-state index contributed by atoms with van der Waals surface area (Å²) < 4.78 is 19.4. The number of hydrogen-bond donors (Lipinski definition) is 0. The number of halogens is 2. The summed E-state index contributed by atoms with van der Waals surface area (Å²) in [4.78, 5) is 18.9. The van der Waals surface area contributed by atoms with E-state index in [1.807, 2.05) is 16.7 Å². The molecule has 3 rings (SSSR count).